The lowest BCUT2D eigenvalue weighted by Crippen LogP contribution is -2.50. The van der Waals surface area contributed by atoms with Crippen molar-refractivity contribution < 1.29 is 14.4 Å². The number of nitrogens with zero attached hydrogens (tertiary/aromatic N) is 3. The molecule has 2 aliphatic heterocycles. The van der Waals surface area contributed by atoms with E-state index >= 15 is 0 Å². The first-order chi connectivity index (χ1) is 15.4. The lowest BCUT2D eigenvalue weighted by atomic mass is 9.71. The summed E-state index contributed by atoms with van der Waals surface area (Å²) in [6.45, 7) is 4.09. The molecule has 0 unspecified atom stereocenters. The van der Waals surface area contributed by atoms with E-state index in [1.807, 2.05) is 17.0 Å². The molecular weight excluding hydrogens is 406 g/mol. The minimum atomic E-state index is -0.685. The number of hydrogen-bond donors (Lipinski definition) is 2. The number of likely N-dealkylation sites (tertiary alicyclic amines) is 2. The summed E-state index contributed by atoms with van der Waals surface area (Å²) in [6.07, 6.45) is 5.17. The second kappa shape index (κ2) is 9.14. The van der Waals surface area contributed by atoms with Crippen LogP contribution in [-0.2, 0) is 16.0 Å². The van der Waals surface area contributed by atoms with Gasteiger partial charge in [0.2, 0.25) is 11.8 Å². The number of nitrogens with two attached hydrogens (primary N) is 1. The van der Waals surface area contributed by atoms with Crippen LogP contribution in [0.3, 0.4) is 0 Å². The first kappa shape index (κ1) is 22.0. The molecule has 170 valence electrons. The Labute approximate surface area is 188 Å². The summed E-state index contributed by atoms with van der Waals surface area (Å²) in [7, 11) is 0. The van der Waals surface area contributed by atoms with Crippen LogP contribution in [0.1, 0.15) is 60.1 Å². The van der Waals surface area contributed by atoms with Gasteiger partial charge in [0.15, 0.2) is 0 Å². The molecule has 2 saturated heterocycles. The average Bonchev–Trinajstić information content (AvgIpc) is 3.34. The van der Waals surface area contributed by atoms with Gasteiger partial charge in [-0.2, -0.15) is 5.10 Å². The van der Waals surface area contributed by atoms with E-state index in [1.54, 1.807) is 24.1 Å². The van der Waals surface area contributed by atoms with E-state index in [4.69, 9.17) is 5.73 Å². The smallest absolute Gasteiger partial charge is 0.271 e. The Hall–Kier alpha value is -3.16. The van der Waals surface area contributed by atoms with Crippen LogP contribution in [0.2, 0.25) is 0 Å². The number of hydrogen-bond acceptors (Lipinski definition) is 4. The first-order valence-corrected chi connectivity index (χ1v) is 11.3. The Balaban J connectivity index is 1.52. The quantitative estimate of drug-likeness (QED) is 0.746. The topological polar surface area (TPSA) is 112 Å². The molecule has 1 aromatic carbocycles. The number of piperidine rings is 2. The molecule has 0 radical (unpaired) electrons. The largest absolute Gasteiger partial charge is 0.369 e. The van der Waals surface area contributed by atoms with E-state index < -0.39 is 5.41 Å². The number of carbonyl (C=O) groups excluding carboxylic acids is 3. The summed E-state index contributed by atoms with van der Waals surface area (Å²) >= 11 is 0. The standard InChI is InChI=1S/C24H31N5O3/c1-17(30)29-12-4-6-19(16-29)20-7-3-2-5-18(20)15-24(23(25)32)9-13-28(14-10-24)22(31)21-8-11-26-27-21/h2-3,5,7-8,11,19H,4,6,9-10,12-16H2,1H3,(H2,25,32)(H,26,27)/t19-/m0/s1. The van der Waals surface area contributed by atoms with Gasteiger partial charge in [-0.15, -0.1) is 0 Å². The Morgan fingerprint density at radius 3 is 2.53 bits per heavy atom. The molecule has 1 atom stereocenters. The van der Waals surface area contributed by atoms with E-state index in [0.29, 0.717) is 44.6 Å². The zero-order chi connectivity index (χ0) is 22.7. The van der Waals surface area contributed by atoms with Crippen molar-refractivity contribution in [1.82, 2.24) is 20.0 Å². The monoisotopic (exact) mass is 437 g/mol. The van der Waals surface area contributed by atoms with E-state index in [1.165, 1.54) is 5.56 Å². The molecule has 0 saturated carbocycles. The van der Waals surface area contributed by atoms with Crippen molar-refractivity contribution in [1.29, 1.82) is 0 Å². The molecule has 32 heavy (non-hydrogen) atoms. The number of H-pyrrole nitrogens is 1. The third-order valence-corrected chi connectivity index (χ3v) is 7.15. The fourth-order valence-corrected chi connectivity index (χ4v) is 5.17. The van der Waals surface area contributed by atoms with Crippen LogP contribution in [0.15, 0.2) is 36.5 Å². The second-order valence-corrected chi connectivity index (χ2v) is 9.09. The molecule has 0 spiro atoms. The highest BCUT2D eigenvalue weighted by molar-refractivity contribution is 5.92. The van der Waals surface area contributed by atoms with E-state index in [0.717, 1.165) is 24.9 Å². The molecule has 0 aliphatic carbocycles. The average molecular weight is 438 g/mol. The number of benzene rings is 1. The highest BCUT2D eigenvalue weighted by Gasteiger charge is 2.42. The SMILES string of the molecule is CC(=O)N1CCC[C@H](c2ccccc2CC2(C(N)=O)CCN(C(=O)c3ccn[nH]3)CC2)C1. The minimum Gasteiger partial charge on any atom is -0.369 e. The number of carbonyl (C=O) groups is 3. The summed E-state index contributed by atoms with van der Waals surface area (Å²) in [4.78, 5) is 40.9. The van der Waals surface area contributed by atoms with Crippen molar-refractivity contribution >= 4 is 17.7 Å². The maximum Gasteiger partial charge on any atom is 0.271 e. The van der Waals surface area contributed by atoms with Gasteiger partial charge in [-0.25, -0.2) is 0 Å². The van der Waals surface area contributed by atoms with E-state index in [9.17, 15) is 14.4 Å². The van der Waals surface area contributed by atoms with Gasteiger partial charge >= 0.3 is 0 Å². The third-order valence-electron chi connectivity index (χ3n) is 7.15. The van der Waals surface area contributed by atoms with Crippen molar-refractivity contribution in [3.63, 3.8) is 0 Å². The highest BCUT2D eigenvalue weighted by atomic mass is 16.2. The molecular formula is C24H31N5O3. The van der Waals surface area contributed by atoms with Crippen LogP contribution >= 0.6 is 0 Å². The number of primary amides is 1. The van der Waals surface area contributed by atoms with Gasteiger partial charge in [0.1, 0.15) is 5.69 Å². The summed E-state index contributed by atoms with van der Waals surface area (Å²) in [5.74, 6) is -0.0478. The Morgan fingerprint density at radius 2 is 1.88 bits per heavy atom. The molecule has 2 aliphatic rings. The summed E-state index contributed by atoms with van der Waals surface area (Å²) in [5, 5.41) is 6.56. The zero-order valence-electron chi connectivity index (χ0n) is 18.5. The minimum absolute atomic E-state index is 0.104. The number of rotatable bonds is 5. The summed E-state index contributed by atoms with van der Waals surface area (Å²) < 4.78 is 0. The molecule has 0 bridgehead atoms. The molecule has 2 aromatic rings. The van der Waals surface area contributed by atoms with Crippen molar-refractivity contribution in [2.24, 2.45) is 11.1 Å². The lowest BCUT2D eigenvalue weighted by molar-refractivity contribution is -0.130. The molecule has 3 amide bonds. The van der Waals surface area contributed by atoms with Gasteiger partial charge < -0.3 is 15.5 Å². The van der Waals surface area contributed by atoms with Crippen LogP contribution in [0, 0.1) is 5.41 Å². The van der Waals surface area contributed by atoms with Gasteiger partial charge in [-0.3, -0.25) is 19.5 Å². The molecule has 2 fully saturated rings. The van der Waals surface area contributed by atoms with Crippen LogP contribution < -0.4 is 5.73 Å². The predicted octanol–water partition coefficient (Wildman–Crippen LogP) is 2.09. The van der Waals surface area contributed by atoms with Gasteiger partial charge in [0, 0.05) is 45.2 Å². The predicted molar refractivity (Wildman–Crippen MR) is 120 cm³/mol. The Kier molecular flexibility index (Phi) is 6.30. The van der Waals surface area contributed by atoms with Gasteiger partial charge in [0.25, 0.3) is 5.91 Å². The maximum absolute atomic E-state index is 12.7. The maximum atomic E-state index is 12.7. The van der Waals surface area contributed by atoms with E-state index in [2.05, 4.69) is 22.3 Å². The molecule has 4 rings (SSSR count). The van der Waals surface area contributed by atoms with Crippen LogP contribution in [0.4, 0.5) is 0 Å². The van der Waals surface area contributed by atoms with Crippen molar-refractivity contribution in [2.75, 3.05) is 26.2 Å². The normalized spacial score (nSPS) is 20.7. The number of aromatic nitrogens is 2. The molecule has 3 N–H and O–H groups in total. The second-order valence-electron chi connectivity index (χ2n) is 9.09. The highest BCUT2D eigenvalue weighted by Crippen LogP contribution is 2.38. The zero-order valence-corrected chi connectivity index (χ0v) is 18.5. The third kappa shape index (κ3) is 4.40. The molecule has 1 aromatic heterocycles. The number of amides is 3. The number of aromatic amines is 1. The molecule has 8 heteroatoms. The first-order valence-electron chi connectivity index (χ1n) is 11.3. The fraction of sp³-hybridized carbons (Fsp3) is 0.500. The van der Waals surface area contributed by atoms with Crippen molar-refractivity contribution in [3.8, 4) is 0 Å². The van der Waals surface area contributed by atoms with Crippen LogP contribution in [-0.4, -0.2) is 63.9 Å². The summed E-state index contributed by atoms with van der Waals surface area (Å²) in [5.41, 5.74) is 8.04. The van der Waals surface area contributed by atoms with E-state index in [-0.39, 0.29) is 23.6 Å². The van der Waals surface area contributed by atoms with Gasteiger partial charge in [-0.1, -0.05) is 24.3 Å². The lowest BCUT2D eigenvalue weighted by Gasteiger charge is -2.40. The van der Waals surface area contributed by atoms with Crippen molar-refractivity contribution in [3.05, 3.63) is 53.3 Å². The summed E-state index contributed by atoms with van der Waals surface area (Å²) in [6, 6.07) is 9.87. The van der Waals surface area contributed by atoms with Crippen LogP contribution in [0.25, 0.3) is 0 Å². The van der Waals surface area contributed by atoms with Gasteiger partial charge in [0.05, 0.1) is 5.41 Å². The Bertz CT molecular complexity index is 979. The molecule has 8 nitrogen and oxygen atoms in total. The van der Waals surface area contributed by atoms with Crippen molar-refractivity contribution in [2.45, 2.75) is 44.9 Å². The van der Waals surface area contributed by atoms with Crippen LogP contribution in [0.5, 0.6) is 0 Å². The van der Waals surface area contributed by atoms with Gasteiger partial charge in [-0.05, 0) is 49.3 Å². The molecule has 3 heterocycles. The fourth-order valence-electron chi connectivity index (χ4n) is 5.17. The Morgan fingerprint density at radius 1 is 1.12 bits per heavy atom. The number of nitrogens with one attached hydrogen (secondary N) is 1.